The maximum atomic E-state index is 9.18. The van der Waals surface area contributed by atoms with Crippen LogP contribution in [0.1, 0.15) is 11.4 Å². The number of aromatic nitrogens is 2. The molecule has 0 atom stereocenters. The van der Waals surface area contributed by atoms with Crippen LogP contribution in [0, 0.1) is 0 Å². The molecule has 2 aromatic rings. The quantitative estimate of drug-likeness (QED) is 0.777. The van der Waals surface area contributed by atoms with E-state index < -0.39 is 0 Å². The first-order valence-electron chi connectivity index (χ1n) is 4.64. The van der Waals surface area contributed by atoms with Gasteiger partial charge < -0.3 is 14.8 Å². The molecule has 0 saturated carbocycles. The Labute approximate surface area is 87.4 Å². The molecule has 0 aliphatic heterocycles. The number of benzene rings is 1. The van der Waals surface area contributed by atoms with Crippen LogP contribution in [-0.2, 0) is 13.5 Å². The molecule has 1 aromatic carbocycles. The van der Waals surface area contributed by atoms with Crippen molar-refractivity contribution in [2.75, 3.05) is 0 Å². The monoisotopic (exact) mass is 204 g/mol. The molecular formula is C11H12N2O2. The number of nitrogens with zero attached hydrogens (tertiary/aromatic N) is 2. The van der Waals surface area contributed by atoms with E-state index in [0.717, 1.165) is 11.4 Å². The van der Waals surface area contributed by atoms with Crippen molar-refractivity contribution in [1.29, 1.82) is 0 Å². The second-order valence-corrected chi connectivity index (χ2v) is 3.47. The number of hydrogen-bond donors (Lipinski definition) is 2. The average Bonchev–Trinajstić information content (AvgIpc) is 2.49. The molecule has 0 aliphatic carbocycles. The second kappa shape index (κ2) is 3.65. The van der Waals surface area contributed by atoms with E-state index in [-0.39, 0.29) is 11.6 Å². The third-order valence-corrected chi connectivity index (χ3v) is 2.26. The molecule has 4 heteroatoms. The highest BCUT2D eigenvalue weighted by Gasteiger charge is 2.04. The maximum Gasteiger partial charge on any atom is 0.229 e. The SMILES string of the molecule is Cn1cc(O)nc1Cc1ccc(O)cc1. The van der Waals surface area contributed by atoms with Crippen molar-refractivity contribution in [3.05, 3.63) is 41.9 Å². The highest BCUT2D eigenvalue weighted by atomic mass is 16.3. The van der Waals surface area contributed by atoms with Gasteiger partial charge in [0, 0.05) is 13.5 Å². The highest BCUT2D eigenvalue weighted by Crippen LogP contribution is 2.15. The Morgan fingerprint density at radius 1 is 1.20 bits per heavy atom. The fourth-order valence-electron chi connectivity index (χ4n) is 1.45. The van der Waals surface area contributed by atoms with E-state index in [4.69, 9.17) is 5.11 Å². The fraction of sp³-hybridized carbons (Fsp3) is 0.182. The second-order valence-electron chi connectivity index (χ2n) is 3.47. The lowest BCUT2D eigenvalue weighted by Crippen LogP contribution is -1.97. The van der Waals surface area contributed by atoms with Crippen molar-refractivity contribution >= 4 is 0 Å². The van der Waals surface area contributed by atoms with E-state index in [2.05, 4.69) is 4.98 Å². The number of phenolic OH excluding ortho intramolecular Hbond substituents is 1. The summed E-state index contributed by atoms with van der Waals surface area (Å²) in [4.78, 5) is 3.98. The average molecular weight is 204 g/mol. The number of rotatable bonds is 2. The summed E-state index contributed by atoms with van der Waals surface area (Å²) in [6.07, 6.45) is 2.20. The van der Waals surface area contributed by atoms with Gasteiger partial charge in [-0.25, -0.2) is 0 Å². The van der Waals surface area contributed by atoms with Crippen molar-refractivity contribution in [3.63, 3.8) is 0 Å². The van der Waals surface area contributed by atoms with Crippen molar-refractivity contribution in [3.8, 4) is 11.6 Å². The van der Waals surface area contributed by atoms with Gasteiger partial charge in [0.05, 0.1) is 6.20 Å². The first-order chi connectivity index (χ1) is 7.15. The van der Waals surface area contributed by atoms with Crippen LogP contribution in [0.3, 0.4) is 0 Å². The Hall–Kier alpha value is -1.97. The van der Waals surface area contributed by atoms with Crippen LogP contribution in [0.4, 0.5) is 0 Å². The van der Waals surface area contributed by atoms with Gasteiger partial charge in [-0.2, -0.15) is 4.98 Å². The predicted molar refractivity (Wildman–Crippen MR) is 55.8 cm³/mol. The maximum absolute atomic E-state index is 9.18. The highest BCUT2D eigenvalue weighted by molar-refractivity contribution is 5.28. The Morgan fingerprint density at radius 3 is 2.40 bits per heavy atom. The molecule has 2 rings (SSSR count). The molecular weight excluding hydrogens is 192 g/mol. The van der Waals surface area contributed by atoms with E-state index in [0.29, 0.717) is 6.42 Å². The summed E-state index contributed by atoms with van der Waals surface area (Å²) in [5.41, 5.74) is 1.04. The molecule has 1 heterocycles. The molecule has 0 aliphatic rings. The van der Waals surface area contributed by atoms with E-state index in [1.54, 1.807) is 22.9 Å². The first-order valence-corrected chi connectivity index (χ1v) is 4.64. The molecule has 1 aromatic heterocycles. The standard InChI is InChI=1S/C11H12N2O2/c1-13-7-11(15)12-10(13)6-8-2-4-9(14)5-3-8/h2-5,7,14-15H,6H2,1H3. The van der Waals surface area contributed by atoms with Crippen LogP contribution in [-0.4, -0.2) is 19.8 Å². The van der Waals surface area contributed by atoms with Gasteiger partial charge in [0.25, 0.3) is 0 Å². The lowest BCUT2D eigenvalue weighted by atomic mass is 10.1. The van der Waals surface area contributed by atoms with Gasteiger partial charge >= 0.3 is 0 Å². The van der Waals surface area contributed by atoms with Gasteiger partial charge in [-0.05, 0) is 17.7 Å². The Morgan fingerprint density at radius 2 is 1.87 bits per heavy atom. The van der Waals surface area contributed by atoms with Crippen molar-refractivity contribution in [1.82, 2.24) is 9.55 Å². The van der Waals surface area contributed by atoms with Gasteiger partial charge in [0.2, 0.25) is 5.88 Å². The molecule has 4 nitrogen and oxygen atoms in total. The van der Waals surface area contributed by atoms with Crippen molar-refractivity contribution in [2.45, 2.75) is 6.42 Å². The third kappa shape index (κ3) is 2.10. The summed E-state index contributed by atoms with van der Waals surface area (Å²) in [7, 11) is 1.84. The summed E-state index contributed by atoms with van der Waals surface area (Å²) in [5, 5.41) is 18.3. The van der Waals surface area contributed by atoms with Gasteiger partial charge in [-0.1, -0.05) is 12.1 Å². The van der Waals surface area contributed by atoms with Crippen LogP contribution in [0.5, 0.6) is 11.6 Å². The normalized spacial score (nSPS) is 10.5. The molecule has 78 valence electrons. The molecule has 0 amide bonds. The molecule has 0 radical (unpaired) electrons. The Kier molecular flexibility index (Phi) is 2.33. The number of aromatic hydroxyl groups is 2. The first kappa shape index (κ1) is 9.58. The zero-order chi connectivity index (χ0) is 10.8. The van der Waals surface area contributed by atoms with Gasteiger partial charge in [-0.3, -0.25) is 0 Å². The van der Waals surface area contributed by atoms with Crippen LogP contribution in [0.25, 0.3) is 0 Å². The van der Waals surface area contributed by atoms with E-state index in [1.807, 2.05) is 19.2 Å². The minimum absolute atomic E-state index is 0.0336. The molecule has 0 bridgehead atoms. The molecule has 2 N–H and O–H groups in total. The zero-order valence-electron chi connectivity index (χ0n) is 8.38. The van der Waals surface area contributed by atoms with E-state index in [1.165, 1.54) is 0 Å². The predicted octanol–water partition coefficient (Wildman–Crippen LogP) is 1.42. The van der Waals surface area contributed by atoms with E-state index >= 15 is 0 Å². The lowest BCUT2D eigenvalue weighted by Gasteiger charge is -2.01. The van der Waals surface area contributed by atoms with Gasteiger partial charge in [0.15, 0.2) is 0 Å². The number of hydrogen-bond acceptors (Lipinski definition) is 3. The van der Waals surface area contributed by atoms with E-state index in [9.17, 15) is 5.11 Å². The Bertz CT molecular complexity index is 460. The van der Waals surface area contributed by atoms with Crippen LogP contribution >= 0.6 is 0 Å². The summed E-state index contributed by atoms with van der Waals surface area (Å²) in [6, 6.07) is 6.94. The van der Waals surface area contributed by atoms with Crippen LogP contribution in [0.15, 0.2) is 30.5 Å². The summed E-state index contributed by atoms with van der Waals surface area (Å²) in [6.45, 7) is 0. The summed E-state index contributed by atoms with van der Waals surface area (Å²) < 4.78 is 1.78. The molecule has 0 saturated heterocycles. The molecule has 0 spiro atoms. The third-order valence-electron chi connectivity index (χ3n) is 2.26. The minimum Gasteiger partial charge on any atom is -0.508 e. The van der Waals surface area contributed by atoms with Crippen LogP contribution in [0.2, 0.25) is 0 Å². The summed E-state index contributed by atoms with van der Waals surface area (Å²) in [5.74, 6) is 1.07. The summed E-state index contributed by atoms with van der Waals surface area (Å²) >= 11 is 0. The largest absolute Gasteiger partial charge is 0.508 e. The van der Waals surface area contributed by atoms with Gasteiger partial charge in [-0.15, -0.1) is 0 Å². The number of imidazole rings is 1. The number of aryl methyl sites for hydroxylation is 1. The zero-order valence-corrected chi connectivity index (χ0v) is 8.38. The molecule has 0 unspecified atom stereocenters. The smallest absolute Gasteiger partial charge is 0.229 e. The Balaban J connectivity index is 2.21. The lowest BCUT2D eigenvalue weighted by molar-refractivity contribution is 0.455. The van der Waals surface area contributed by atoms with Crippen molar-refractivity contribution in [2.24, 2.45) is 7.05 Å². The number of phenols is 1. The van der Waals surface area contributed by atoms with Crippen molar-refractivity contribution < 1.29 is 10.2 Å². The topological polar surface area (TPSA) is 58.3 Å². The molecule has 0 fully saturated rings. The van der Waals surface area contributed by atoms with Crippen LogP contribution < -0.4 is 0 Å². The van der Waals surface area contributed by atoms with Gasteiger partial charge in [0.1, 0.15) is 11.6 Å². The minimum atomic E-state index is 0.0336. The molecule has 15 heavy (non-hydrogen) atoms. The fourth-order valence-corrected chi connectivity index (χ4v) is 1.45.